The molecule has 2 aromatic heterocycles. The van der Waals surface area contributed by atoms with Crippen LogP contribution in [0.2, 0.25) is 0 Å². The number of carbonyl (C=O) groups excluding carboxylic acids is 1. The molecule has 43 heavy (non-hydrogen) atoms. The summed E-state index contributed by atoms with van der Waals surface area (Å²) in [6.45, 7) is 6.68. The maximum absolute atomic E-state index is 14.2. The second-order valence-electron chi connectivity index (χ2n) is 11.4. The molecule has 0 aliphatic carbocycles. The van der Waals surface area contributed by atoms with Crippen LogP contribution in [0.1, 0.15) is 30.5 Å². The number of amides is 1. The third-order valence-electron chi connectivity index (χ3n) is 8.74. The topological polar surface area (TPSA) is 102 Å². The second kappa shape index (κ2) is 12.1. The van der Waals surface area contributed by atoms with Gasteiger partial charge in [0.25, 0.3) is 5.91 Å². The number of benzene rings is 1. The van der Waals surface area contributed by atoms with Crippen LogP contribution in [0.15, 0.2) is 43.0 Å². The Hall–Kier alpha value is -4.37. The van der Waals surface area contributed by atoms with Gasteiger partial charge in [-0.2, -0.15) is 15.2 Å². The van der Waals surface area contributed by atoms with E-state index in [0.717, 1.165) is 47.1 Å². The number of fused-ring (bicyclic) bond motifs is 2. The van der Waals surface area contributed by atoms with Crippen LogP contribution in [0.25, 0.3) is 10.8 Å². The van der Waals surface area contributed by atoms with Crippen molar-refractivity contribution in [2.24, 2.45) is 0 Å². The van der Waals surface area contributed by atoms with Crippen LogP contribution in [-0.4, -0.2) is 89.1 Å². The number of pyridine rings is 1. The van der Waals surface area contributed by atoms with E-state index < -0.39 is 17.8 Å². The Bertz CT molecular complexity index is 1590. The zero-order chi connectivity index (χ0) is 30.1. The van der Waals surface area contributed by atoms with E-state index in [-0.39, 0.29) is 30.8 Å². The number of anilines is 2. The summed E-state index contributed by atoms with van der Waals surface area (Å²) >= 11 is 0. The molecule has 3 aliphatic heterocycles. The SMILES string of the molecule is C=C(F)C(=O)N1CCN(c2nc(OC[C@@H]3CCCN3C)nc3c2CCN(c2cncc4ccc(F)cc24)C3)C[C@@H]1CC#N. The van der Waals surface area contributed by atoms with E-state index in [9.17, 15) is 18.8 Å². The summed E-state index contributed by atoms with van der Waals surface area (Å²) in [5.41, 5.74) is 2.59. The van der Waals surface area contributed by atoms with E-state index in [0.29, 0.717) is 45.0 Å². The molecule has 1 amide bonds. The number of ether oxygens (including phenoxy) is 1. The fourth-order valence-electron chi connectivity index (χ4n) is 6.40. The van der Waals surface area contributed by atoms with Gasteiger partial charge in [0.2, 0.25) is 0 Å². The van der Waals surface area contributed by atoms with Crippen molar-refractivity contribution in [1.82, 2.24) is 24.8 Å². The van der Waals surface area contributed by atoms with Gasteiger partial charge in [0, 0.05) is 54.8 Å². The number of nitriles is 1. The van der Waals surface area contributed by atoms with Crippen molar-refractivity contribution in [1.29, 1.82) is 5.26 Å². The number of aromatic nitrogens is 3. The van der Waals surface area contributed by atoms with E-state index in [2.05, 4.69) is 34.5 Å². The number of halogens is 2. The van der Waals surface area contributed by atoms with E-state index in [1.807, 2.05) is 4.90 Å². The molecule has 5 heterocycles. The minimum absolute atomic E-state index is 0.0542. The minimum Gasteiger partial charge on any atom is -0.462 e. The smallest absolute Gasteiger partial charge is 0.318 e. The van der Waals surface area contributed by atoms with Crippen LogP contribution in [-0.2, 0) is 17.8 Å². The first-order chi connectivity index (χ1) is 20.8. The summed E-state index contributed by atoms with van der Waals surface area (Å²) in [6.07, 6.45) is 6.30. The predicted molar refractivity (Wildman–Crippen MR) is 158 cm³/mol. The van der Waals surface area contributed by atoms with Gasteiger partial charge in [-0.1, -0.05) is 6.58 Å². The maximum atomic E-state index is 14.2. The lowest BCUT2D eigenvalue weighted by molar-refractivity contribution is -0.131. The largest absolute Gasteiger partial charge is 0.462 e. The maximum Gasteiger partial charge on any atom is 0.318 e. The van der Waals surface area contributed by atoms with Gasteiger partial charge in [-0.05, 0) is 51.1 Å². The summed E-state index contributed by atoms with van der Waals surface area (Å²) in [6, 6.07) is 6.85. The number of likely N-dealkylation sites (tertiary alicyclic amines) is 1. The van der Waals surface area contributed by atoms with E-state index >= 15 is 0 Å². The average Bonchev–Trinajstić information content (AvgIpc) is 3.43. The fourth-order valence-corrected chi connectivity index (χ4v) is 6.40. The minimum atomic E-state index is -1.04. The lowest BCUT2D eigenvalue weighted by atomic mass is 10.0. The zero-order valence-corrected chi connectivity index (χ0v) is 24.2. The highest BCUT2D eigenvalue weighted by molar-refractivity contribution is 5.93. The van der Waals surface area contributed by atoms with E-state index in [1.54, 1.807) is 18.5 Å². The molecule has 0 bridgehead atoms. The Labute approximate surface area is 249 Å². The van der Waals surface area contributed by atoms with Gasteiger partial charge < -0.3 is 24.3 Å². The highest BCUT2D eigenvalue weighted by Crippen LogP contribution is 2.35. The first-order valence-corrected chi connectivity index (χ1v) is 14.6. The molecule has 0 saturated carbocycles. The van der Waals surface area contributed by atoms with Crippen LogP contribution >= 0.6 is 0 Å². The Morgan fingerprint density at radius 3 is 2.79 bits per heavy atom. The molecule has 2 saturated heterocycles. The van der Waals surface area contributed by atoms with Crippen LogP contribution < -0.4 is 14.5 Å². The molecular weight excluding hydrogens is 554 g/mol. The van der Waals surface area contributed by atoms with Gasteiger partial charge in [-0.25, -0.2) is 8.78 Å². The molecule has 6 rings (SSSR count). The monoisotopic (exact) mass is 588 g/mol. The normalized spacial score (nSPS) is 20.7. The fraction of sp³-hybridized carbons (Fsp3) is 0.452. The molecule has 3 aromatic rings. The summed E-state index contributed by atoms with van der Waals surface area (Å²) in [5, 5.41) is 11.1. The number of piperazine rings is 1. The first kappa shape index (κ1) is 28.7. The van der Waals surface area contributed by atoms with Gasteiger partial charge >= 0.3 is 6.01 Å². The summed E-state index contributed by atoms with van der Waals surface area (Å²) in [5.74, 6) is -1.43. The van der Waals surface area contributed by atoms with Gasteiger partial charge in [0.05, 0.1) is 42.7 Å². The van der Waals surface area contributed by atoms with Crippen molar-refractivity contribution in [2.75, 3.05) is 56.2 Å². The van der Waals surface area contributed by atoms with Crippen molar-refractivity contribution < 1.29 is 18.3 Å². The molecule has 0 radical (unpaired) electrons. The third kappa shape index (κ3) is 5.82. The second-order valence-corrected chi connectivity index (χ2v) is 11.4. The number of nitrogens with zero attached hydrogens (tertiary/aromatic N) is 8. The molecule has 3 aliphatic rings. The first-order valence-electron chi connectivity index (χ1n) is 14.6. The molecule has 224 valence electrons. The Kier molecular flexibility index (Phi) is 8.08. The molecule has 2 fully saturated rings. The van der Waals surface area contributed by atoms with Crippen molar-refractivity contribution in [2.45, 2.75) is 44.3 Å². The number of rotatable bonds is 7. The highest BCUT2D eigenvalue weighted by atomic mass is 19.1. The number of carbonyl (C=O) groups is 1. The highest BCUT2D eigenvalue weighted by Gasteiger charge is 2.35. The van der Waals surface area contributed by atoms with Crippen molar-refractivity contribution in [3.63, 3.8) is 0 Å². The van der Waals surface area contributed by atoms with E-state index in [4.69, 9.17) is 14.7 Å². The summed E-state index contributed by atoms with van der Waals surface area (Å²) in [4.78, 5) is 34.4. The summed E-state index contributed by atoms with van der Waals surface area (Å²) in [7, 11) is 2.08. The number of hydrogen-bond acceptors (Lipinski definition) is 9. The molecule has 2 atom stereocenters. The molecule has 0 spiro atoms. The molecule has 12 heteroatoms. The lowest BCUT2D eigenvalue weighted by Crippen LogP contribution is -2.55. The lowest BCUT2D eigenvalue weighted by Gasteiger charge is -2.42. The van der Waals surface area contributed by atoms with Crippen LogP contribution in [0.4, 0.5) is 20.3 Å². The van der Waals surface area contributed by atoms with E-state index in [1.165, 1.54) is 17.0 Å². The third-order valence-corrected chi connectivity index (χ3v) is 8.74. The molecule has 10 nitrogen and oxygen atoms in total. The van der Waals surface area contributed by atoms with Crippen LogP contribution in [0.3, 0.4) is 0 Å². The van der Waals surface area contributed by atoms with Gasteiger partial charge in [-0.3, -0.25) is 9.78 Å². The van der Waals surface area contributed by atoms with Gasteiger partial charge in [0.15, 0.2) is 5.83 Å². The predicted octanol–water partition coefficient (Wildman–Crippen LogP) is 3.61. The Balaban J connectivity index is 1.33. The van der Waals surface area contributed by atoms with Crippen molar-refractivity contribution in [3.05, 3.63) is 60.1 Å². The molecule has 0 unspecified atom stereocenters. The van der Waals surface area contributed by atoms with Crippen LogP contribution in [0.5, 0.6) is 6.01 Å². The zero-order valence-electron chi connectivity index (χ0n) is 24.2. The standard InChI is InChI=1S/C31H34F2N8O2/c1-20(32)30(42)41-13-12-40(17-23(41)7-9-34)29-25-8-11-39(28-16-35-15-21-5-6-22(33)14-26(21)28)18-27(25)36-31(37-29)43-19-24-4-3-10-38(24)2/h5-6,14-16,23-24H,1,3-4,7-8,10-13,17-19H2,2H3/t23-,24-/m0/s1. The number of hydrogen-bond donors (Lipinski definition) is 0. The van der Waals surface area contributed by atoms with Crippen molar-refractivity contribution in [3.8, 4) is 12.1 Å². The Morgan fingerprint density at radius 1 is 1.16 bits per heavy atom. The van der Waals surface area contributed by atoms with Gasteiger partial charge in [-0.15, -0.1) is 0 Å². The summed E-state index contributed by atoms with van der Waals surface area (Å²) < 4.78 is 34.2. The average molecular weight is 589 g/mol. The molecule has 1 aromatic carbocycles. The Morgan fingerprint density at radius 2 is 2.02 bits per heavy atom. The van der Waals surface area contributed by atoms with Crippen molar-refractivity contribution >= 4 is 28.2 Å². The molecule has 0 N–H and O–H groups in total. The van der Waals surface area contributed by atoms with Crippen LogP contribution in [0, 0.1) is 17.1 Å². The van der Waals surface area contributed by atoms with Gasteiger partial charge in [0.1, 0.15) is 18.2 Å². The number of likely N-dealkylation sites (N-methyl/N-ethyl adjacent to an activating group) is 1. The quantitative estimate of drug-likeness (QED) is 0.383. The molecular formula is C31H34F2N8O2.